The number of rotatable bonds is 6. The lowest BCUT2D eigenvalue weighted by Gasteiger charge is -2.10. The first-order valence-corrected chi connectivity index (χ1v) is 6.97. The standard InChI is InChI=1S/C13H20ClN5/c1-4-15-8-12-16-6-7-18(12)9-11-13(14)10(3)17-19(11)5-2/h6-7,15H,4-5,8-9H2,1-3H3. The largest absolute Gasteiger partial charge is 0.328 e. The minimum atomic E-state index is 0.703. The van der Waals surface area contributed by atoms with Crippen LogP contribution in [0.5, 0.6) is 0 Å². The minimum Gasteiger partial charge on any atom is -0.328 e. The molecule has 0 aliphatic carbocycles. The molecule has 0 aliphatic heterocycles. The molecule has 2 heterocycles. The van der Waals surface area contributed by atoms with E-state index in [1.807, 2.05) is 24.0 Å². The third kappa shape index (κ3) is 2.98. The van der Waals surface area contributed by atoms with Crippen LogP contribution in [0.4, 0.5) is 0 Å². The minimum absolute atomic E-state index is 0.703. The molecule has 6 heteroatoms. The van der Waals surface area contributed by atoms with Crippen LogP contribution in [-0.2, 0) is 19.6 Å². The van der Waals surface area contributed by atoms with Crippen LogP contribution >= 0.6 is 11.6 Å². The maximum absolute atomic E-state index is 6.33. The molecular formula is C13H20ClN5. The number of nitrogens with one attached hydrogen (secondary N) is 1. The molecule has 0 aromatic carbocycles. The molecule has 5 nitrogen and oxygen atoms in total. The van der Waals surface area contributed by atoms with E-state index in [0.29, 0.717) is 6.54 Å². The number of nitrogens with zero attached hydrogens (tertiary/aromatic N) is 4. The third-order valence-corrected chi connectivity index (χ3v) is 3.60. The molecule has 0 radical (unpaired) electrons. The van der Waals surface area contributed by atoms with Crippen molar-refractivity contribution in [3.63, 3.8) is 0 Å². The second-order valence-electron chi connectivity index (χ2n) is 4.41. The van der Waals surface area contributed by atoms with Crippen LogP contribution in [0.1, 0.15) is 31.1 Å². The van der Waals surface area contributed by atoms with E-state index in [2.05, 4.69) is 33.8 Å². The van der Waals surface area contributed by atoms with Gasteiger partial charge in [-0.2, -0.15) is 5.10 Å². The predicted octanol–water partition coefficient (Wildman–Crippen LogP) is 2.22. The molecule has 0 spiro atoms. The van der Waals surface area contributed by atoms with Crippen molar-refractivity contribution in [1.82, 2.24) is 24.6 Å². The van der Waals surface area contributed by atoms with Gasteiger partial charge in [0.15, 0.2) is 0 Å². The van der Waals surface area contributed by atoms with Crippen LogP contribution in [0.2, 0.25) is 5.02 Å². The van der Waals surface area contributed by atoms with Crippen molar-refractivity contribution >= 4 is 11.6 Å². The molecule has 0 atom stereocenters. The maximum atomic E-state index is 6.33. The predicted molar refractivity (Wildman–Crippen MR) is 76.4 cm³/mol. The van der Waals surface area contributed by atoms with Gasteiger partial charge in [-0.25, -0.2) is 4.98 Å². The van der Waals surface area contributed by atoms with Gasteiger partial charge in [-0.1, -0.05) is 18.5 Å². The number of imidazole rings is 1. The molecule has 0 saturated heterocycles. The molecule has 1 N–H and O–H groups in total. The van der Waals surface area contributed by atoms with Gasteiger partial charge in [-0.3, -0.25) is 4.68 Å². The summed E-state index contributed by atoms with van der Waals surface area (Å²) < 4.78 is 4.06. The highest BCUT2D eigenvalue weighted by molar-refractivity contribution is 6.31. The van der Waals surface area contributed by atoms with Crippen LogP contribution in [-0.4, -0.2) is 25.9 Å². The number of aromatic nitrogens is 4. The van der Waals surface area contributed by atoms with Gasteiger partial charge in [-0.15, -0.1) is 0 Å². The number of hydrogen-bond acceptors (Lipinski definition) is 3. The fourth-order valence-electron chi connectivity index (χ4n) is 2.07. The Bertz CT molecular complexity index is 543. The molecule has 2 aromatic rings. The summed E-state index contributed by atoms with van der Waals surface area (Å²) in [7, 11) is 0. The molecule has 2 aromatic heterocycles. The molecule has 0 unspecified atom stereocenters. The summed E-state index contributed by atoms with van der Waals surface area (Å²) in [4.78, 5) is 4.37. The van der Waals surface area contributed by atoms with Gasteiger partial charge in [0.25, 0.3) is 0 Å². The first kappa shape index (κ1) is 14.1. The quantitative estimate of drug-likeness (QED) is 0.883. The SMILES string of the molecule is CCNCc1nccn1Cc1c(Cl)c(C)nn1CC. The first-order chi connectivity index (χ1) is 9.17. The Hall–Kier alpha value is -1.33. The average molecular weight is 282 g/mol. The maximum Gasteiger partial charge on any atom is 0.123 e. The highest BCUT2D eigenvalue weighted by Crippen LogP contribution is 2.21. The Balaban J connectivity index is 2.24. The van der Waals surface area contributed by atoms with Crippen LogP contribution in [0.3, 0.4) is 0 Å². The smallest absolute Gasteiger partial charge is 0.123 e. The first-order valence-electron chi connectivity index (χ1n) is 6.59. The molecule has 104 valence electrons. The Kier molecular flexibility index (Phi) is 4.61. The summed E-state index contributed by atoms with van der Waals surface area (Å²) in [5, 5.41) is 8.48. The number of aryl methyl sites for hydroxylation is 2. The number of hydrogen-bond donors (Lipinski definition) is 1. The van der Waals surface area contributed by atoms with E-state index in [0.717, 1.165) is 41.9 Å². The second-order valence-corrected chi connectivity index (χ2v) is 4.79. The van der Waals surface area contributed by atoms with Crippen molar-refractivity contribution in [1.29, 1.82) is 0 Å². The lowest BCUT2D eigenvalue weighted by atomic mass is 10.3. The molecule has 0 bridgehead atoms. The van der Waals surface area contributed by atoms with Gasteiger partial charge in [0.1, 0.15) is 5.82 Å². The normalized spacial score (nSPS) is 11.2. The van der Waals surface area contributed by atoms with E-state index in [-0.39, 0.29) is 0 Å². The highest BCUT2D eigenvalue weighted by atomic mass is 35.5. The van der Waals surface area contributed by atoms with Gasteiger partial charge in [-0.05, 0) is 20.4 Å². The van der Waals surface area contributed by atoms with Crippen molar-refractivity contribution in [2.75, 3.05) is 6.54 Å². The van der Waals surface area contributed by atoms with Gasteiger partial charge in [0.2, 0.25) is 0 Å². The summed E-state index contributed by atoms with van der Waals surface area (Å²) in [6, 6.07) is 0. The van der Waals surface area contributed by atoms with E-state index < -0.39 is 0 Å². The van der Waals surface area contributed by atoms with E-state index in [1.54, 1.807) is 0 Å². The van der Waals surface area contributed by atoms with E-state index in [1.165, 1.54) is 0 Å². The molecule has 0 amide bonds. The van der Waals surface area contributed by atoms with Crippen molar-refractivity contribution < 1.29 is 0 Å². The summed E-state index contributed by atoms with van der Waals surface area (Å²) in [6.07, 6.45) is 3.80. The Morgan fingerprint density at radius 2 is 2.16 bits per heavy atom. The van der Waals surface area contributed by atoms with Crippen molar-refractivity contribution in [2.45, 2.75) is 40.4 Å². The summed E-state index contributed by atoms with van der Waals surface area (Å²) in [5.41, 5.74) is 1.92. The monoisotopic (exact) mass is 281 g/mol. The summed E-state index contributed by atoms with van der Waals surface area (Å²) >= 11 is 6.33. The molecule has 19 heavy (non-hydrogen) atoms. The van der Waals surface area contributed by atoms with Crippen LogP contribution in [0, 0.1) is 6.92 Å². The summed E-state index contributed by atoms with van der Waals surface area (Å²) in [6.45, 7) is 9.30. The Labute approximate surface area is 118 Å². The van der Waals surface area contributed by atoms with Gasteiger partial charge < -0.3 is 9.88 Å². The Morgan fingerprint density at radius 3 is 2.84 bits per heavy atom. The third-order valence-electron chi connectivity index (χ3n) is 3.11. The summed E-state index contributed by atoms with van der Waals surface area (Å²) in [5.74, 6) is 1.01. The molecule has 0 aliphatic rings. The lowest BCUT2D eigenvalue weighted by molar-refractivity contribution is 0.577. The van der Waals surface area contributed by atoms with Crippen LogP contribution in [0.25, 0.3) is 0 Å². The zero-order valence-corrected chi connectivity index (χ0v) is 12.4. The fraction of sp³-hybridized carbons (Fsp3) is 0.538. The molecule has 0 fully saturated rings. The van der Waals surface area contributed by atoms with Crippen molar-refractivity contribution in [2.24, 2.45) is 0 Å². The van der Waals surface area contributed by atoms with Crippen molar-refractivity contribution in [3.05, 3.63) is 34.6 Å². The topological polar surface area (TPSA) is 47.7 Å². The van der Waals surface area contributed by atoms with Gasteiger partial charge >= 0.3 is 0 Å². The lowest BCUT2D eigenvalue weighted by Crippen LogP contribution is -2.17. The average Bonchev–Trinajstić information content (AvgIpc) is 2.96. The van der Waals surface area contributed by atoms with E-state index >= 15 is 0 Å². The van der Waals surface area contributed by atoms with Crippen LogP contribution in [0.15, 0.2) is 12.4 Å². The van der Waals surface area contributed by atoms with E-state index in [4.69, 9.17) is 11.6 Å². The van der Waals surface area contributed by atoms with E-state index in [9.17, 15) is 0 Å². The number of halogens is 1. The van der Waals surface area contributed by atoms with Gasteiger partial charge in [0.05, 0.1) is 29.5 Å². The van der Waals surface area contributed by atoms with Crippen molar-refractivity contribution in [3.8, 4) is 0 Å². The Morgan fingerprint density at radius 1 is 1.37 bits per heavy atom. The molecule has 0 saturated carbocycles. The fourth-order valence-corrected chi connectivity index (χ4v) is 2.26. The molecule has 2 rings (SSSR count). The highest BCUT2D eigenvalue weighted by Gasteiger charge is 2.14. The second kappa shape index (κ2) is 6.21. The van der Waals surface area contributed by atoms with Gasteiger partial charge in [0, 0.05) is 18.9 Å². The zero-order valence-electron chi connectivity index (χ0n) is 11.6. The molecular weight excluding hydrogens is 262 g/mol. The van der Waals surface area contributed by atoms with Crippen LogP contribution < -0.4 is 5.32 Å². The zero-order chi connectivity index (χ0) is 13.8.